The summed E-state index contributed by atoms with van der Waals surface area (Å²) in [5.41, 5.74) is 1.26. The first-order valence-electron chi connectivity index (χ1n) is 7.04. The summed E-state index contributed by atoms with van der Waals surface area (Å²) in [4.78, 5) is 12.5. The molecule has 1 atom stereocenters. The predicted octanol–water partition coefficient (Wildman–Crippen LogP) is 4.90. The Labute approximate surface area is 130 Å². The van der Waals surface area contributed by atoms with Crippen molar-refractivity contribution in [1.29, 1.82) is 0 Å². The average Bonchev–Trinajstić information content (AvgIpc) is 2.52. The van der Waals surface area contributed by atoms with Crippen molar-refractivity contribution in [3.05, 3.63) is 60.2 Å². The molecule has 0 saturated heterocycles. The second-order valence-corrected chi connectivity index (χ2v) is 6.21. The molecule has 0 aliphatic carbocycles. The summed E-state index contributed by atoms with van der Waals surface area (Å²) in [6, 6.07) is 18.4. The quantitative estimate of drug-likeness (QED) is 0.680. The number of benzene rings is 2. The molecule has 2 aromatic rings. The van der Waals surface area contributed by atoms with Crippen molar-refractivity contribution in [2.24, 2.45) is 0 Å². The van der Waals surface area contributed by atoms with Crippen LogP contribution in [0.1, 0.15) is 30.6 Å². The van der Waals surface area contributed by atoms with Gasteiger partial charge in [-0.2, -0.15) is 0 Å². The van der Waals surface area contributed by atoms with E-state index in [1.807, 2.05) is 30.3 Å². The second kappa shape index (κ2) is 7.89. The maximum Gasteiger partial charge on any atom is 0.129 e. The summed E-state index contributed by atoms with van der Waals surface area (Å²) in [6.07, 6.45) is 1.47. The molecule has 2 rings (SSSR count). The van der Waals surface area contributed by atoms with E-state index in [2.05, 4.69) is 24.3 Å². The van der Waals surface area contributed by atoms with Crippen LogP contribution < -0.4 is 4.74 Å². The number of hydrogen-bond donors (Lipinski definition) is 0. The Bertz CT molecular complexity index is 564. The van der Waals surface area contributed by atoms with Gasteiger partial charge in [-0.25, -0.2) is 0 Å². The van der Waals surface area contributed by atoms with Gasteiger partial charge in [0.2, 0.25) is 0 Å². The molecule has 21 heavy (non-hydrogen) atoms. The van der Waals surface area contributed by atoms with E-state index in [0.717, 1.165) is 12.2 Å². The van der Waals surface area contributed by atoms with Gasteiger partial charge < -0.3 is 9.53 Å². The van der Waals surface area contributed by atoms with Crippen LogP contribution in [-0.2, 0) is 4.79 Å². The van der Waals surface area contributed by atoms with E-state index in [0.29, 0.717) is 11.7 Å². The summed E-state index contributed by atoms with van der Waals surface area (Å²) in [5, 5.41) is 0.295. The van der Waals surface area contributed by atoms with Crippen LogP contribution in [0.3, 0.4) is 0 Å². The normalized spacial score (nSPS) is 11.9. The lowest BCUT2D eigenvalue weighted by atomic mass is 10.1. The predicted molar refractivity (Wildman–Crippen MR) is 87.9 cm³/mol. The molecule has 0 saturated carbocycles. The molecule has 0 spiro atoms. The molecule has 2 aromatic carbocycles. The average molecular weight is 300 g/mol. The van der Waals surface area contributed by atoms with E-state index in [4.69, 9.17) is 4.74 Å². The molecule has 0 heterocycles. The molecule has 0 bridgehead atoms. The van der Waals surface area contributed by atoms with E-state index in [1.54, 1.807) is 25.8 Å². The topological polar surface area (TPSA) is 26.3 Å². The highest BCUT2D eigenvalue weighted by Gasteiger charge is 2.14. The Morgan fingerprint density at radius 2 is 1.76 bits per heavy atom. The molecule has 0 radical (unpaired) electrons. The number of ether oxygens (including phenoxy) is 1. The molecule has 1 unspecified atom stereocenters. The summed E-state index contributed by atoms with van der Waals surface area (Å²) >= 11 is 1.80. The zero-order valence-corrected chi connectivity index (χ0v) is 13.2. The number of carbonyl (C=O) groups excluding carboxylic acids is 1. The third-order valence-corrected chi connectivity index (χ3v) is 4.60. The number of methoxy groups -OCH3 is 1. The number of ketones is 1. The van der Waals surface area contributed by atoms with Crippen molar-refractivity contribution < 1.29 is 9.53 Å². The highest BCUT2D eigenvalue weighted by atomic mass is 32.2. The van der Waals surface area contributed by atoms with Crippen molar-refractivity contribution in [2.45, 2.75) is 29.9 Å². The van der Waals surface area contributed by atoms with E-state index < -0.39 is 0 Å². The molecule has 2 nitrogen and oxygen atoms in total. The number of rotatable bonds is 7. The van der Waals surface area contributed by atoms with Gasteiger partial charge in [-0.1, -0.05) is 30.3 Å². The van der Waals surface area contributed by atoms with Gasteiger partial charge in [-0.15, -0.1) is 11.8 Å². The first-order valence-corrected chi connectivity index (χ1v) is 7.92. The van der Waals surface area contributed by atoms with Gasteiger partial charge in [0, 0.05) is 16.6 Å². The Morgan fingerprint density at radius 3 is 2.33 bits per heavy atom. The molecule has 0 N–H and O–H groups in total. The van der Waals surface area contributed by atoms with Gasteiger partial charge in [0.25, 0.3) is 0 Å². The molecular weight excluding hydrogens is 280 g/mol. The first kappa shape index (κ1) is 15.6. The monoisotopic (exact) mass is 300 g/mol. The number of thioether (sulfide) groups is 1. The molecule has 110 valence electrons. The third-order valence-electron chi connectivity index (χ3n) is 3.27. The number of hydrogen-bond acceptors (Lipinski definition) is 3. The fourth-order valence-corrected chi connectivity index (χ4v) is 3.26. The van der Waals surface area contributed by atoms with Crippen LogP contribution in [0.4, 0.5) is 0 Å². The zero-order valence-electron chi connectivity index (χ0n) is 12.4. The number of Topliss-reactive ketones (excluding diaryl/α,β-unsaturated/α-hetero) is 1. The van der Waals surface area contributed by atoms with Gasteiger partial charge in [0.15, 0.2) is 0 Å². The van der Waals surface area contributed by atoms with Crippen LogP contribution in [0.5, 0.6) is 5.75 Å². The zero-order chi connectivity index (χ0) is 15.1. The minimum atomic E-state index is 0.242. The molecular formula is C18H20O2S. The highest BCUT2D eigenvalue weighted by Crippen LogP contribution is 2.39. The van der Waals surface area contributed by atoms with Gasteiger partial charge in [-0.3, -0.25) is 0 Å². The van der Waals surface area contributed by atoms with Crippen molar-refractivity contribution in [3.63, 3.8) is 0 Å². The highest BCUT2D eigenvalue weighted by molar-refractivity contribution is 7.99. The van der Waals surface area contributed by atoms with Crippen LogP contribution in [0.15, 0.2) is 59.5 Å². The van der Waals surface area contributed by atoms with Gasteiger partial charge in [0.05, 0.1) is 7.11 Å². The lowest BCUT2D eigenvalue weighted by molar-refractivity contribution is -0.117. The van der Waals surface area contributed by atoms with E-state index in [9.17, 15) is 4.79 Å². The number of carbonyl (C=O) groups is 1. The fraction of sp³-hybridized carbons (Fsp3) is 0.278. The molecule has 0 amide bonds. The smallest absolute Gasteiger partial charge is 0.129 e. The third kappa shape index (κ3) is 4.94. The molecule has 3 heteroatoms. The summed E-state index contributed by atoms with van der Waals surface area (Å²) in [6.45, 7) is 1.65. The standard InChI is InChI=1S/C18H20O2S/c1-14(19)8-13-18(15-6-4-3-5-7-15)21-17-11-9-16(20-2)10-12-17/h3-7,9-12,18H,8,13H2,1-2H3. The van der Waals surface area contributed by atoms with E-state index in [-0.39, 0.29) is 5.78 Å². The minimum Gasteiger partial charge on any atom is -0.497 e. The fourth-order valence-electron chi connectivity index (χ4n) is 2.11. The van der Waals surface area contributed by atoms with Crippen molar-refractivity contribution in [2.75, 3.05) is 7.11 Å². The Morgan fingerprint density at radius 1 is 1.10 bits per heavy atom. The maximum absolute atomic E-state index is 11.3. The summed E-state index contributed by atoms with van der Waals surface area (Å²) in [5.74, 6) is 1.10. The van der Waals surface area contributed by atoms with Crippen LogP contribution in [-0.4, -0.2) is 12.9 Å². The lowest BCUT2D eigenvalue weighted by Crippen LogP contribution is -1.98. The Kier molecular flexibility index (Phi) is 5.88. The Balaban J connectivity index is 2.12. The van der Waals surface area contributed by atoms with Crippen molar-refractivity contribution in [1.82, 2.24) is 0 Å². The van der Waals surface area contributed by atoms with Gasteiger partial charge in [0.1, 0.15) is 11.5 Å². The first-order chi connectivity index (χ1) is 10.2. The molecule has 0 aliphatic heterocycles. The lowest BCUT2D eigenvalue weighted by Gasteiger charge is -2.16. The SMILES string of the molecule is COc1ccc(SC(CCC(C)=O)c2ccccc2)cc1. The van der Waals surface area contributed by atoms with Crippen molar-refractivity contribution >= 4 is 17.5 Å². The minimum absolute atomic E-state index is 0.242. The van der Waals surface area contributed by atoms with Gasteiger partial charge >= 0.3 is 0 Å². The van der Waals surface area contributed by atoms with Gasteiger partial charge in [-0.05, 0) is 43.2 Å². The molecule has 0 fully saturated rings. The van der Waals surface area contributed by atoms with Crippen LogP contribution >= 0.6 is 11.8 Å². The largest absolute Gasteiger partial charge is 0.497 e. The summed E-state index contributed by atoms with van der Waals surface area (Å²) in [7, 11) is 1.67. The molecule has 0 aromatic heterocycles. The Hall–Kier alpha value is -1.74. The maximum atomic E-state index is 11.3. The summed E-state index contributed by atoms with van der Waals surface area (Å²) < 4.78 is 5.18. The van der Waals surface area contributed by atoms with Crippen LogP contribution in [0.2, 0.25) is 0 Å². The van der Waals surface area contributed by atoms with Crippen LogP contribution in [0, 0.1) is 0 Å². The van der Waals surface area contributed by atoms with Crippen molar-refractivity contribution in [3.8, 4) is 5.75 Å². The second-order valence-electron chi connectivity index (χ2n) is 4.93. The van der Waals surface area contributed by atoms with E-state index in [1.165, 1.54) is 10.5 Å². The molecule has 0 aliphatic rings. The van der Waals surface area contributed by atoms with Crippen LogP contribution in [0.25, 0.3) is 0 Å². The van der Waals surface area contributed by atoms with E-state index >= 15 is 0 Å².